The first kappa shape index (κ1) is 17.6. The minimum absolute atomic E-state index is 0.0989. The molecule has 1 aromatic carbocycles. The van der Waals surface area contributed by atoms with Crippen molar-refractivity contribution in [1.29, 1.82) is 0 Å². The molecular formula is C14H23NO5S. The molecule has 0 saturated carbocycles. The van der Waals surface area contributed by atoms with E-state index in [2.05, 4.69) is 0 Å². The normalized spacial score (nSPS) is 12.8. The summed E-state index contributed by atoms with van der Waals surface area (Å²) in [5.74, 6) is 1.29. The van der Waals surface area contributed by atoms with Crippen LogP contribution in [-0.2, 0) is 10.0 Å². The van der Waals surface area contributed by atoms with Crippen LogP contribution in [0, 0.1) is 5.92 Å². The van der Waals surface area contributed by atoms with E-state index >= 15 is 0 Å². The maximum absolute atomic E-state index is 11.2. The Kier molecular flexibility index (Phi) is 6.77. The van der Waals surface area contributed by atoms with Crippen molar-refractivity contribution in [3.05, 3.63) is 18.2 Å². The highest BCUT2D eigenvalue weighted by Crippen LogP contribution is 2.37. The zero-order chi connectivity index (χ0) is 15.9. The van der Waals surface area contributed by atoms with Crippen molar-refractivity contribution < 1.29 is 22.6 Å². The van der Waals surface area contributed by atoms with Crippen molar-refractivity contribution in [3.8, 4) is 17.2 Å². The van der Waals surface area contributed by atoms with Crippen LogP contribution >= 0.6 is 0 Å². The lowest BCUT2D eigenvalue weighted by molar-refractivity contribution is 0.230. The Morgan fingerprint density at radius 3 is 2.19 bits per heavy atom. The number of primary sulfonamides is 1. The average Bonchev–Trinajstić information content (AvgIpc) is 2.43. The van der Waals surface area contributed by atoms with Gasteiger partial charge in [-0.3, -0.25) is 0 Å². The van der Waals surface area contributed by atoms with Crippen molar-refractivity contribution in [1.82, 2.24) is 0 Å². The van der Waals surface area contributed by atoms with Crippen LogP contribution in [0.2, 0.25) is 0 Å². The summed E-state index contributed by atoms with van der Waals surface area (Å²) in [5, 5.41) is 5.12. The van der Waals surface area contributed by atoms with Crippen LogP contribution in [0.5, 0.6) is 17.2 Å². The standard InChI is InChI=1S/C14H23NO5S/c1-4-6-11(10-21(15,16)17)9-20-14-12(18-2)7-5-8-13(14)19-3/h5,7-8,11H,4,6,9-10H2,1-3H3,(H2,15,16,17). The Morgan fingerprint density at radius 1 is 1.19 bits per heavy atom. The zero-order valence-corrected chi connectivity index (χ0v) is 13.5. The predicted molar refractivity (Wildman–Crippen MR) is 81.4 cm³/mol. The highest BCUT2D eigenvalue weighted by Gasteiger charge is 2.18. The molecule has 0 amide bonds. The second kappa shape index (κ2) is 8.09. The van der Waals surface area contributed by atoms with Gasteiger partial charge < -0.3 is 14.2 Å². The number of sulfonamides is 1. The summed E-state index contributed by atoms with van der Waals surface area (Å²) in [6.07, 6.45) is 1.57. The highest BCUT2D eigenvalue weighted by atomic mass is 32.2. The molecule has 120 valence electrons. The molecular weight excluding hydrogens is 294 g/mol. The van der Waals surface area contributed by atoms with Gasteiger partial charge in [-0.05, 0) is 18.6 Å². The Balaban J connectivity index is 2.84. The van der Waals surface area contributed by atoms with Gasteiger partial charge in [0.2, 0.25) is 15.8 Å². The van der Waals surface area contributed by atoms with E-state index in [0.717, 1.165) is 6.42 Å². The molecule has 21 heavy (non-hydrogen) atoms. The lowest BCUT2D eigenvalue weighted by Gasteiger charge is -2.18. The average molecular weight is 317 g/mol. The van der Waals surface area contributed by atoms with Crippen LogP contribution < -0.4 is 19.3 Å². The first-order valence-electron chi connectivity index (χ1n) is 6.75. The maximum Gasteiger partial charge on any atom is 0.209 e. The summed E-state index contributed by atoms with van der Waals surface area (Å²) >= 11 is 0. The van der Waals surface area contributed by atoms with E-state index in [0.29, 0.717) is 23.7 Å². The van der Waals surface area contributed by atoms with E-state index in [-0.39, 0.29) is 18.3 Å². The molecule has 0 fully saturated rings. The number of para-hydroxylation sites is 1. The van der Waals surface area contributed by atoms with E-state index in [1.165, 1.54) is 14.2 Å². The zero-order valence-electron chi connectivity index (χ0n) is 12.7. The Morgan fingerprint density at radius 2 is 1.76 bits per heavy atom. The molecule has 0 aliphatic rings. The number of hydrogen-bond donors (Lipinski definition) is 1. The molecule has 1 aromatic rings. The summed E-state index contributed by atoms with van der Waals surface area (Å²) in [5.41, 5.74) is 0. The molecule has 0 radical (unpaired) electrons. The van der Waals surface area contributed by atoms with Gasteiger partial charge in [-0.2, -0.15) is 0 Å². The van der Waals surface area contributed by atoms with Crippen LogP contribution in [0.15, 0.2) is 18.2 Å². The molecule has 1 atom stereocenters. The summed E-state index contributed by atoms with van der Waals surface area (Å²) in [4.78, 5) is 0. The third-order valence-corrected chi connectivity index (χ3v) is 3.95. The van der Waals surface area contributed by atoms with Crippen LogP contribution in [0.4, 0.5) is 0 Å². The van der Waals surface area contributed by atoms with Crippen molar-refractivity contribution in [3.63, 3.8) is 0 Å². The summed E-state index contributed by atoms with van der Waals surface area (Å²) < 4.78 is 38.7. The Bertz CT molecular complexity index is 522. The lowest BCUT2D eigenvalue weighted by atomic mass is 10.1. The van der Waals surface area contributed by atoms with Crippen LogP contribution in [0.3, 0.4) is 0 Å². The summed E-state index contributed by atoms with van der Waals surface area (Å²) in [6.45, 7) is 2.22. The first-order chi connectivity index (χ1) is 9.91. The van der Waals surface area contributed by atoms with Gasteiger partial charge in [0.05, 0.1) is 26.6 Å². The second-order valence-corrected chi connectivity index (χ2v) is 6.45. The molecule has 7 heteroatoms. The fourth-order valence-electron chi connectivity index (χ4n) is 2.11. The number of nitrogens with two attached hydrogens (primary N) is 1. The topological polar surface area (TPSA) is 87.8 Å². The fourth-order valence-corrected chi connectivity index (χ4v) is 3.03. The Labute approximate surface area is 126 Å². The first-order valence-corrected chi connectivity index (χ1v) is 8.47. The van der Waals surface area contributed by atoms with E-state index in [1.807, 2.05) is 6.92 Å². The number of ether oxygens (including phenoxy) is 3. The van der Waals surface area contributed by atoms with Gasteiger partial charge in [-0.15, -0.1) is 0 Å². The maximum atomic E-state index is 11.2. The molecule has 0 bridgehead atoms. The molecule has 0 aliphatic carbocycles. The van der Waals surface area contributed by atoms with Gasteiger partial charge in [0.1, 0.15) is 0 Å². The minimum Gasteiger partial charge on any atom is -0.493 e. The molecule has 0 saturated heterocycles. The van der Waals surface area contributed by atoms with E-state index in [1.54, 1.807) is 18.2 Å². The van der Waals surface area contributed by atoms with Crippen molar-refractivity contribution in [2.75, 3.05) is 26.6 Å². The monoisotopic (exact) mass is 317 g/mol. The summed E-state index contributed by atoms with van der Waals surface area (Å²) in [7, 11) is -0.449. The van der Waals surface area contributed by atoms with Crippen LogP contribution in [-0.4, -0.2) is 35.0 Å². The third kappa shape index (κ3) is 5.81. The van der Waals surface area contributed by atoms with E-state index in [4.69, 9.17) is 19.3 Å². The highest BCUT2D eigenvalue weighted by molar-refractivity contribution is 7.89. The van der Waals surface area contributed by atoms with Crippen molar-refractivity contribution >= 4 is 10.0 Å². The molecule has 0 heterocycles. The number of benzene rings is 1. The van der Waals surface area contributed by atoms with Gasteiger partial charge >= 0.3 is 0 Å². The molecule has 6 nitrogen and oxygen atoms in total. The molecule has 0 spiro atoms. The summed E-state index contributed by atoms with van der Waals surface area (Å²) in [6, 6.07) is 5.30. The van der Waals surface area contributed by atoms with Crippen LogP contribution in [0.25, 0.3) is 0 Å². The molecule has 1 rings (SSSR count). The number of rotatable bonds is 9. The molecule has 2 N–H and O–H groups in total. The minimum atomic E-state index is -3.52. The van der Waals surface area contributed by atoms with Crippen LogP contribution in [0.1, 0.15) is 19.8 Å². The lowest BCUT2D eigenvalue weighted by Crippen LogP contribution is -2.27. The largest absolute Gasteiger partial charge is 0.493 e. The van der Waals surface area contributed by atoms with Gasteiger partial charge in [0.25, 0.3) is 0 Å². The van der Waals surface area contributed by atoms with Crippen molar-refractivity contribution in [2.24, 2.45) is 11.1 Å². The van der Waals surface area contributed by atoms with Gasteiger partial charge in [0, 0.05) is 5.92 Å². The Hall–Kier alpha value is -1.47. The quantitative estimate of drug-likeness (QED) is 0.750. The van der Waals surface area contributed by atoms with Gasteiger partial charge in [-0.25, -0.2) is 13.6 Å². The smallest absolute Gasteiger partial charge is 0.209 e. The SMILES string of the molecule is CCCC(COc1c(OC)cccc1OC)CS(N)(=O)=O. The second-order valence-electron chi connectivity index (χ2n) is 4.79. The molecule has 0 aromatic heterocycles. The fraction of sp³-hybridized carbons (Fsp3) is 0.571. The van der Waals surface area contributed by atoms with E-state index < -0.39 is 10.0 Å². The predicted octanol–water partition coefficient (Wildman–Crippen LogP) is 1.79. The number of hydrogen-bond acceptors (Lipinski definition) is 5. The van der Waals surface area contributed by atoms with Gasteiger partial charge in [-0.1, -0.05) is 19.4 Å². The van der Waals surface area contributed by atoms with Gasteiger partial charge in [0.15, 0.2) is 11.5 Å². The third-order valence-electron chi connectivity index (χ3n) is 3.01. The molecule has 0 aliphatic heterocycles. The van der Waals surface area contributed by atoms with Crippen molar-refractivity contribution in [2.45, 2.75) is 19.8 Å². The molecule has 1 unspecified atom stereocenters. The van der Waals surface area contributed by atoms with E-state index in [9.17, 15) is 8.42 Å². The number of methoxy groups -OCH3 is 2.